The molecule has 0 spiro atoms. The molecule has 0 amide bonds. The van der Waals surface area contributed by atoms with Crippen LogP contribution in [0.1, 0.15) is 0 Å². The van der Waals surface area contributed by atoms with Crippen LogP contribution in [0.15, 0.2) is 12.3 Å². The zero-order valence-electron chi connectivity index (χ0n) is 6.13. The number of halogens is 1. The topological polar surface area (TPSA) is 23.5 Å². The number of aliphatic hydroxyl groups is 1. The summed E-state index contributed by atoms with van der Waals surface area (Å²) in [6, 6.07) is 0. The van der Waals surface area contributed by atoms with Crippen LogP contribution in [0, 0.1) is 0 Å². The molecule has 56 valence electrons. The van der Waals surface area contributed by atoms with E-state index in [1.807, 2.05) is 26.0 Å². The van der Waals surface area contributed by atoms with E-state index in [-0.39, 0.29) is 0 Å². The van der Waals surface area contributed by atoms with Gasteiger partial charge in [0, 0.05) is 5.88 Å². The Balaban J connectivity index is 0. The molecule has 0 rings (SSSR count). The van der Waals surface area contributed by atoms with E-state index in [0.717, 1.165) is 6.26 Å². The summed E-state index contributed by atoms with van der Waals surface area (Å²) >= 11 is 5.05. The number of alkyl halides is 1. The molecule has 0 aliphatic carbocycles. The average molecular weight is 152 g/mol. The van der Waals surface area contributed by atoms with Crippen molar-refractivity contribution >= 4 is 11.6 Å². The summed E-state index contributed by atoms with van der Waals surface area (Å²) in [6.45, 7) is 0. The molecule has 0 atom stereocenters. The van der Waals surface area contributed by atoms with E-state index < -0.39 is 0 Å². The van der Waals surface area contributed by atoms with Gasteiger partial charge in [0.2, 0.25) is 0 Å². The normalized spacial score (nSPS) is 9.44. The minimum absolute atomic E-state index is 0.385. The lowest BCUT2D eigenvalue weighted by Crippen LogP contribution is -1.99. The standard InChI is InChI=1S/C3H5ClO.C3H9N/c4-2-1-3-5;1-4(2)3/h1,3,5H,2H2;1-3H3/b3-1-;. The summed E-state index contributed by atoms with van der Waals surface area (Å²) < 4.78 is 0. The summed E-state index contributed by atoms with van der Waals surface area (Å²) in [6.07, 6.45) is 2.37. The second-order valence-electron chi connectivity index (χ2n) is 1.88. The molecule has 0 heterocycles. The van der Waals surface area contributed by atoms with Crippen LogP contribution < -0.4 is 0 Å². The molecule has 0 aromatic carbocycles. The molecule has 0 aromatic heterocycles. The maximum Gasteiger partial charge on any atom is 0.0763 e. The van der Waals surface area contributed by atoms with E-state index in [1.165, 1.54) is 6.08 Å². The third-order valence-corrected chi connectivity index (χ3v) is 0.373. The molecular weight excluding hydrogens is 138 g/mol. The molecule has 9 heavy (non-hydrogen) atoms. The average Bonchev–Trinajstić information content (AvgIpc) is 1.66. The van der Waals surface area contributed by atoms with Crippen LogP contribution in [-0.2, 0) is 0 Å². The Labute approximate surface area is 61.7 Å². The molecule has 3 heteroatoms. The van der Waals surface area contributed by atoms with E-state index in [2.05, 4.69) is 0 Å². The smallest absolute Gasteiger partial charge is 0.0763 e. The molecule has 0 fully saturated rings. The maximum absolute atomic E-state index is 7.80. The fourth-order valence-electron chi connectivity index (χ4n) is 0.0398. The first-order valence-electron chi connectivity index (χ1n) is 2.61. The van der Waals surface area contributed by atoms with Crippen molar-refractivity contribution < 1.29 is 5.11 Å². The minimum Gasteiger partial charge on any atom is -0.516 e. The number of allylic oxidation sites excluding steroid dienone is 1. The molecule has 0 aromatic rings. The Kier molecular flexibility index (Phi) is 13.8. The molecule has 0 aliphatic rings. The van der Waals surface area contributed by atoms with Crippen LogP contribution in [-0.4, -0.2) is 37.0 Å². The highest BCUT2D eigenvalue weighted by Gasteiger charge is 1.58. The van der Waals surface area contributed by atoms with Gasteiger partial charge in [-0.1, -0.05) is 0 Å². The SMILES string of the molecule is CN(C)C.O/C=C\CCl. The number of hydrogen-bond acceptors (Lipinski definition) is 2. The Bertz CT molecular complexity index is 61.3. The number of rotatable bonds is 1. The lowest BCUT2D eigenvalue weighted by atomic mass is 10.7. The molecule has 0 saturated heterocycles. The lowest BCUT2D eigenvalue weighted by molar-refractivity contribution is 0.473. The predicted molar refractivity (Wildman–Crippen MR) is 42.1 cm³/mol. The van der Waals surface area contributed by atoms with Crippen molar-refractivity contribution in [1.82, 2.24) is 4.90 Å². The second kappa shape index (κ2) is 10.7. The van der Waals surface area contributed by atoms with Crippen molar-refractivity contribution in [3.8, 4) is 0 Å². The van der Waals surface area contributed by atoms with Gasteiger partial charge in [-0.25, -0.2) is 0 Å². The first-order chi connectivity index (χ1) is 4.15. The number of nitrogens with zero attached hydrogens (tertiary/aromatic N) is 1. The molecule has 1 N–H and O–H groups in total. The van der Waals surface area contributed by atoms with E-state index in [9.17, 15) is 0 Å². The van der Waals surface area contributed by atoms with Crippen LogP contribution in [0.2, 0.25) is 0 Å². The number of hydrogen-bond donors (Lipinski definition) is 1. The van der Waals surface area contributed by atoms with E-state index >= 15 is 0 Å². The van der Waals surface area contributed by atoms with E-state index in [0.29, 0.717) is 5.88 Å². The summed E-state index contributed by atoms with van der Waals surface area (Å²) in [4.78, 5) is 2.00. The van der Waals surface area contributed by atoms with Gasteiger partial charge in [0.05, 0.1) is 6.26 Å². The van der Waals surface area contributed by atoms with Crippen molar-refractivity contribution in [1.29, 1.82) is 0 Å². The quantitative estimate of drug-likeness (QED) is 0.453. The van der Waals surface area contributed by atoms with Crippen molar-refractivity contribution in [2.24, 2.45) is 0 Å². The van der Waals surface area contributed by atoms with Gasteiger partial charge in [0.25, 0.3) is 0 Å². The zero-order chi connectivity index (χ0) is 7.70. The fraction of sp³-hybridized carbons (Fsp3) is 0.667. The van der Waals surface area contributed by atoms with Crippen molar-refractivity contribution in [3.63, 3.8) is 0 Å². The molecule has 0 aliphatic heterocycles. The van der Waals surface area contributed by atoms with Crippen molar-refractivity contribution in [3.05, 3.63) is 12.3 Å². The highest BCUT2D eigenvalue weighted by Crippen LogP contribution is 1.71. The van der Waals surface area contributed by atoms with E-state index in [4.69, 9.17) is 16.7 Å². The van der Waals surface area contributed by atoms with Gasteiger partial charge in [-0.3, -0.25) is 0 Å². The van der Waals surface area contributed by atoms with Gasteiger partial charge in [-0.2, -0.15) is 0 Å². The van der Waals surface area contributed by atoms with Crippen LogP contribution in [0.25, 0.3) is 0 Å². The zero-order valence-corrected chi connectivity index (χ0v) is 6.89. The minimum atomic E-state index is 0.385. The van der Waals surface area contributed by atoms with Gasteiger partial charge in [-0.15, -0.1) is 11.6 Å². The first kappa shape index (κ1) is 11.6. The van der Waals surface area contributed by atoms with Crippen LogP contribution in [0.3, 0.4) is 0 Å². The highest BCUT2D eigenvalue weighted by atomic mass is 35.5. The van der Waals surface area contributed by atoms with Gasteiger partial charge in [0.15, 0.2) is 0 Å². The molecular formula is C6H14ClNO. The number of aliphatic hydroxyl groups excluding tert-OH is 1. The van der Waals surface area contributed by atoms with Gasteiger partial charge >= 0.3 is 0 Å². The maximum atomic E-state index is 7.80. The Hall–Kier alpha value is -0.210. The summed E-state index contributed by atoms with van der Waals surface area (Å²) in [7, 11) is 6.00. The van der Waals surface area contributed by atoms with Gasteiger partial charge in [0.1, 0.15) is 0 Å². The molecule has 0 saturated carbocycles. The van der Waals surface area contributed by atoms with Gasteiger partial charge in [-0.05, 0) is 27.2 Å². The molecule has 0 bridgehead atoms. The van der Waals surface area contributed by atoms with Crippen LogP contribution in [0.5, 0.6) is 0 Å². The van der Waals surface area contributed by atoms with E-state index in [1.54, 1.807) is 0 Å². The molecule has 2 nitrogen and oxygen atoms in total. The third-order valence-electron chi connectivity index (χ3n) is 0.194. The summed E-state index contributed by atoms with van der Waals surface area (Å²) in [5.41, 5.74) is 0. The highest BCUT2D eigenvalue weighted by molar-refractivity contribution is 6.18. The monoisotopic (exact) mass is 151 g/mol. The Morgan fingerprint density at radius 3 is 1.78 bits per heavy atom. The summed E-state index contributed by atoms with van der Waals surface area (Å²) in [5, 5.41) is 7.80. The largest absolute Gasteiger partial charge is 0.516 e. The summed E-state index contributed by atoms with van der Waals surface area (Å²) in [5.74, 6) is 0.385. The van der Waals surface area contributed by atoms with Crippen LogP contribution >= 0.6 is 11.6 Å². The lowest BCUT2D eigenvalue weighted by Gasteiger charge is -1.90. The van der Waals surface area contributed by atoms with Gasteiger partial charge < -0.3 is 10.0 Å². The van der Waals surface area contributed by atoms with Crippen molar-refractivity contribution in [2.75, 3.05) is 27.0 Å². The predicted octanol–water partition coefficient (Wildman–Crippen LogP) is 1.47. The fourth-order valence-corrected chi connectivity index (χ4v) is 0.120. The molecule has 0 radical (unpaired) electrons. The Morgan fingerprint density at radius 1 is 1.44 bits per heavy atom. The second-order valence-corrected chi connectivity index (χ2v) is 2.19. The molecule has 0 unspecified atom stereocenters. The first-order valence-corrected chi connectivity index (χ1v) is 3.14. The van der Waals surface area contributed by atoms with Crippen LogP contribution in [0.4, 0.5) is 0 Å². The third kappa shape index (κ3) is 81.5. The Morgan fingerprint density at radius 2 is 1.78 bits per heavy atom. The van der Waals surface area contributed by atoms with Crippen molar-refractivity contribution in [2.45, 2.75) is 0 Å².